The maximum atomic E-state index is 11.0. The third-order valence-corrected chi connectivity index (χ3v) is 2.76. The minimum atomic E-state index is -0.324. The third kappa shape index (κ3) is 5.97. The van der Waals surface area contributed by atoms with Gasteiger partial charge in [0.1, 0.15) is 6.61 Å². The fraction of sp³-hybridized carbons (Fsp3) is 0.833. The van der Waals surface area contributed by atoms with Crippen LogP contribution in [0.15, 0.2) is 0 Å². The van der Waals surface area contributed by atoms with Crippen molar-refractivity contribution in [2.45, 2.75) is 26.3 Å². The summed E-state index contributed by atoms with van der Waals surface area (Å²) in [5.41, 5.74) is 0. The average Bonchev–Trinajstić information content (AvgIpc) is 2.71. The van der Waals surface area contributed by atoms with E-state index in [2.05, 4.69) is 10.2 Å². The number of carbonyl (C=O) groups is 2. The number of nitrogens with one attached hydrogen (secondary N) is 1. The molecule has 1 aliphatic heterocycles. The highest BCUT2D eigenvalue weighted by Crippen LogP contribution is 2.08. The molecule has 0 saturated carbocycles. The maximum Gasteiger partial charge on any atom is 0.332 e. The molecule has 0 radical (unpaired) electrons. The van der Waals surface area contributed by atoms with Crippen molar-refractivity contribution in [3.8, 4) is 0 Å². The first kappa shape index (κ1) is 14.9. The summed E-state index contributed by atoms with van der Waals surface area (Å²) in [5.74, 6) is -0.310. The molecule has 0 bridgehead atoms. The van der Waals surface area contributed by atoms with E-state index in [0.29, 0.717) is 13.2 Å². The Bertz CT molecular complexity index is 283. The monoisotopic (exact) mass is 258 g/mol. The highest BCUT2D eigenvalue weighted by atomic mass is 16.6. The van der Waals surface area contributed by atoms with Crippen LogP contribution in [-0.4, -0.2) is 62.3 Å². The van der Waals surface area contributed by atoms with Crippen molar-refractivity contribution in [3.05, 3.63) is 0 Å². The summed E-state index contributed by atoms with van der Waals surface area (Å²) in [6, 6.07) is 0.243. The molecule has 1 amide bonds. The van der Waals surface area contributed by atoms with Crippen molar-refractivity contribution < 1.29 is 19.1 Å². The Morgan fingerprint density at radius 1 is 1.44 bits per heavy atom. The van der Waals surface area contributed by atoms with E-state index in [1.54, 1.807) is 6.92 Å². The lowest BCUT2D eigenvalue weighted by atomic mass is 10.3. The molecule has 0 aromatic rings. The van der Waals surface area contributed by atoms with Crippen LogP contribution in [0, 0.1) is 0 Å². The van der Waals surface area contributed by atoms with Crippen LogP contribution in [0.1, 0.15) is 20.3 Å². The molecule has 104 valence electrons. The molecule has 0 spiro atoms. The molecule has 1 atom stereocenters. The highest BCUT2D eigenvalue weighted by molar-refractivity contribution is 5.73. The molecule has 1 rings (SSSR count). The number of ether oxygens (including phenoxy) is 2. The second-order valence-electron chi connectivity index (χ2n) is 4.34. The van der Waals surface area contributed by atoms with Gasteiger partial charge in [-0.05, 0) is 13.3 Å². The van der Waals surface area contributed by atoms with E-state index in [9.17, 15) is 9.59 Å². The van der Waals surface area contributed by atoms with Gasteiger partial charge in [0.25, 0.3) is 0 Å². The molecule has 1 aliphatic rings. The SMILES string of the molecule is CCOC(=O)COCCN1CCC(NC(C)=O)C1. The summed E-state index contributed by atoms with van der Waals surface area (Å²) in [4.78, 5) is 24.1. The van der Waals surface area contributed by atoms with Gasteiger partial charge in [-0.3, -0.25) is 9.69 Å². The van der Waals surface area contributed by atoms with Crippen LogP contribution in [0.25, 0.3) is 0 Å². The van der Waals surface area contributed by atoms with Crippen molar-refractivity contribution >= 4 is 11.9 Å². The van der Waals surface area contributed by atoms with E-state index in [0.717, 1.165) is 26.1 Å². The number of hydrogen-bond donors (Lipinski definition) is 1. The van der Waals surface area contributed by atoms with Gasteiger partial charge in [0, 0.05) is 32.6 Å². The fourth-order valence-electron chi connectivity index (χ4n) is 1.99. The van der Waals surface area contributed by atoms with Crippen molar-refractivity contribution in [2.24, 2.45) is 0 Å². The number of likely N-dealkylation sites (tertiary alicyclic amines) is 1. The minimum Gasteiger partial charge on any atom is -0.464 e. The molecule has 0 aromatic heterocycles. The zero-order valence-electron chi connectivity index (χ0n) is 11.1. The van der Waals surface area contributed by atoms with E-state index >= 15 is 0 Å². The van der Waals surface area contributed by atoms with Crippen LogP contribution in [0.4, 0.5) is 0 Å². The van der Waals surface area contributed by atoms with Gasteiger partial charge in [0.2, 0.25) is 5.91 Å². The van der Waals surface area contributed by atoms with Crippen LogP contribution < -0.4 is 5.32 Å². The Morgan fingerprint density at radius 3 is 2.89 bits per heavy atom. The van der Waals surface area contributed by atoms with E-state index in [-0.39, 0.29) is 24.5 Å². The first-order chi connectivity index (χ1) is 8.61. The normalized spacial score (nSPS) is 19.8. The number of hydrogen-bond acceptors (Lipinski definition) is 5. The van der Waals surface area contributed by atoms with Crippen molar-refractivity contribution in [1.29, 1.82) is 0 Å². The Kier molecular flexibility index (Phi) is 6.67. The predicted octanol–water partition coefficient (Wildman–Crippen LogP) is -0.223. The molecule has 1 unspecified atom stereocenters. The minimum absolute atomic E-state index is 0.0107. The van der Waals surface area contributed by atoms with Gasteiger partial charge in [-0.15, -0.1) is 0 Å². The molecule has 6 heteroatoms. The number of nitrogens with zero attached hydrogens (tertiary/aromatic N) is 1. The largest absolute Gasteiger partial charge is 0.464 e. The first-order valence-electron chi connectivity index (χ1n) is 6.34. The Labute approximate surface area is 108 Å². The van der Waals surface area contributed by atoms with Crippen LogP contribution in [0.3, 0.4) is 0 Å². The number of rotatable bonds is 7. The molecular formula is C12H22N2O4. The lowest BCUT2D eigenvalue weighted by Gasteiger charge is -2.16. The topological polar surface area (TPSA) is 67.9 Å². The van der Waals surface area contributed by atoms with Crippen molar-refractivity contribution in [2.75, 3.05) is 39.5 Å². The smallest absolute Gasteiger partial charge is 0.332 e. The number of carbonyl (C=O) groups excluding carboxylic acids is 2. The summed E-state index contributed by atoms with van der Waals surface area (Å²) in [6.45, 7) is 6.77. The van der Waals surface area contributed by atoms with Gasteiger partial charge in [-0.2, -0.15) is 0 Å². The number of esters is 1. The van der Waals surface area contributed by atoms with E-state index in [1.807, 2.05) is 0 Å². The summed E-state index contributed by atoms with van der Waals surface area (Å²) in [6.07, 6.45) is 0.970. The van der Waals surface area contributed by atoms with Crippen LogP contribution >= 0.6 is 0 Å². The van der Waals surface area contributed by atoms with E-state index in [1.165, 1.54) is 6.92 Å². The van der Waals surface area contributed by atoms with Gasteiger partial charge in [0.05, 0.1) is 13.2 Å². The summed E-state index contributed by atoms with van der Waals surface area (Å²) in [7, 11) is 0. The molecular weight excluding hydrogens is 236 g/mol. The van der Waals surface area contributed by atoms with Gasteiger partial charge >= 0.3 is 5.97 Å². The lowest BCUT2D eigenvalue weighted by Crippen LogP contribution is -2.36. The molecule has 0 aromatic carbocycles. The second-order valence-corrected chi connectivity index (χ2v) is 4.34. The second kappa shape index (κ2) is 8.05. The third-order valence-electron chi connectivity index (χ3n) is 2.76. The highest BCUT2D eigenvalue weighted by Gasteiger charge is 2.22. The quantitative estimate of drug-likeness (QED) is 0.505. The Balaban J connectivity index is 2.04. The van der Waals surface area contributed by atoms with Gasteiger partial charge < -0.3 is 14.8 Å². The Morgan fingerprint density at radius 2 is 2.22 bits per heavy atom. The maximum absolute atomic E-state index is 11.0. The summed E-state index contributed by atoms with van der Waals surface area (Å²) < 4.78 is 9.97. The molecule has 1 heterocycles. The first-order valence-corrected chi connectivity index (χ1v) is 6.34. The molecule has 18 heavy (non-hydrogen) atoms. The van der Waals surface area contributed by atoms with Crippen LogP contribution in [-0.2, 0) is 19.1 Å². The summed E-state index contributed by atoms with van der Waals surface area (Å²) >= 11 is 0. The van der Waals surface area contributed by atoms with E-state index < -0.39 is 0 Å². The zero-order chi connectivity index (χ0) is 13.4. The van der Waals surface area contributed by atoms with Gasteiger partial charge in [0.15, 0.2) is 0 Å². The molecule has 1 fully saturated rings. The fourth-order valence-corrected chi connectivity index (χ4v) is 1.99. The zero-order valence-corrected chi connectivity index (χ0v) is 11.1. The summed E-state index contributed by atoms with van der Waals surface area (Å²) in [5, 5.41) is 2.90. The average molecular weight is 258 g/mol. The molecule has 1 saturated heterocycles. The van der Waals surface area contributed by atoms with Gasteiger partial charge in [-0.25, -0.2) is 4.79 Å². The van der Waals surface area contributed by atoms with E-state index in [4.69, 9.17) is 9.47 Å². The van der Waals surface area contributed by atoms with Crippen LogP contribution in [0.5, 0.6) is 0 Å². The molecule has 1 N–H and O–H groups in total. The van der Waals surface area contributed by atoms with Crippen LogP contribution in [0.2, 0.25) is 0 Å². The molecule has 0 aliphatic carbocycles. The predicted molar refractivity (Wildman–Crippen MR) is 66.1 cm³/mol. The number of amides is 1. The van der Waals surface area contributed by atoms with Crippen molar-refractivity contribution in [3.63, 3.8) is 0 Å². The standard InChI is InChI=1S/C12H22N2O4/c1-3-18-12(16)9-17-7-6-14-5-4-11(8-14)13-10(2)15/h11H,3-9H2,1-2H3,(H,13,15). The van der Waals surface area contributed by atoms with Gasteiger partial charge in [-0.1, -0.05) is 0 Å². The Hall–Kier alpha value is -1.14. The van der Waals surface area contributed by atoms with Crippen molar-refractivity contribution in [1.82, 2.24) is 10.2 Å². The lowest BCUT2D eigenvalue weighted by molar-refractivity contribution is -0.148. The molecule has 6 nitrogen and oxygen atoms in total.